The Morgan fingerprint density at radius 2 is 2.00 bits per heavy atom. The summed E-state index contributed by atoms with van der Waals surface area (Å²) in [6, 6.07) is -0.843. The molecule has 2 saturated heterocycles. The van der Waals surface area contributed by atoms with E-state index in [9.17, 15) is 9.59 Å². The molecule has 2 heterocycles. The maximum absolute atomic E-state index is 12.5. The number of nitrogens with zero attached hydrogens (tertiary/aromatic N) is 1. The first-order chi connectivity index (χ1) is 9.50. The molecule has 0 aromatic heterocycles. The smallest absolute Gasteiger partial charge is 0.245 e. The molecule has 0 aromatic carbocycles. The molecule has 2 fully saturated rings. The average molecular weight is 285 g/mol. The largest absolute Gasteiger partial charge is 0.379 e. The Balaban J connectivity index is 2.06. The summed E-state index contributed by atoms with van der Waals surface area (Å²) in [7, 11) is 0. The van der Waals surface area contributed by atoms with Crippen LogP contribution in [0, 0.1) is 5.92 Å². The van der Waals surface area contributed by atoms with Gasteiger partial charge in [0.05, 0.1) is 32.3 Å². The highest BCUT2D eigenvalue weighted by molar-refractivity contribution is 5.89. The Kier molecular flexibility index (Phi) is 4.95. The van der Waals surface area contributed by atoms with Gasteiger partial charge in [0, 0.05) is 18.6 Å². The van der Waals surface area contributed by atoms with E-state index in [2.05, 4.69) is 5.32 Å². The third-order valence-electron chi connectivity index (χ3n) is 3.59. The van der Waals surface area contributed by atoms with Crippen LogP contribution in [0.4, 0.5) is 0 Å². The fourth-order valence-corrected chi connectivity index (χ4v) is 2.50. The maximum Gasteiger partial charge on any atom is 0.245 e. The highest BCUT2D eigenvalue weighted by Crippen LogP contribution is 2.18. The Labute approximate surface area is 118 Å². The van der Waals surface area contributed by atoms with E-state index in [0.29, 0.717) is 26.4 Å². The van der Waals surface area contributed by atoms with E-state index in [-0.39, 0.29) is 36.4 Å². The molecule has 2 aliphatic heterocycles. The van der Waals surface area contributed by atoms with Crippen molar-refractivity contribution in [1.29, 1.82) is 0 Å². The van der Waals surface area contributed by atoms with E-state index in [4.69, 9.17) is 15.2 Å². The second-order valence-corrected chi connectivity index (χ2v) is 5.59. The number of rotatable bonds is 3. The van der Waals surface area contributed by atoms with E-state index in [0.717, 1.165) is 0 Å². The van der Waals surface area contributed by atoms with Gasteiger partial charge in [-0.3, -0.25) is 9.59 Å². The van der Waals surface area contributed by atoms with Gasteiger partial charge in [0.25, 0.3) is 0 Å². The standard InChI is InChI=1S/C13H23N3O4/c1-8(2)15-12(17)11-7-19-4-3-16(11)13(18)9-5-20-6-10(9)14/h8-11H,3-7,14H2,1-2H3,(H,15,17). The van der Waals surface area contributed by atoms with E-state index in [1.54, 1.807) is 4.90 Å². The molecular weight excluding hydrogens is 262 g/mol. The van der Waals surface area contributed by atoms with Gasteiger partial charge in [-0.15, -0.1) is 0 Å². The van der Waals surface area contributed by atoms with Gasteiger partial charge in [0.15, 0.2) is 0 Å². The molecule has 0 bridgehead atoms. The molecular formula is C13H23N3O4. The molecule has 3 N–H and O–H groups in total. The SMILES string of the molecule is CC(C)NC(=O)C1COCCN1C(=O)C1COCC1N. The minimum atomic E-state index is -0.577. The van der Waals surface area contributed by atoms with Crippen LogP contribution in [0.15, 0.2) is 0 Å². The van der Waals surface area contributed by atoms with Gasteiger partial charge in [-0.05, 0) is 13.8 Å². The third-order valence-corrected chi connectivity index (χ3v) is 3.59. The van der Waals surface area contributed by atoms with Crippen LogP contribution < -0.4 is 11.1 Å². The fourth-order valence-electron chi connectivity index (χ4n) is 2.50. The summed E-state index contributed by atoms with van der Waals surface area (Å²) < 4.78 is 10.6. The predicted octanol–water partition coefficient (Wildman–Crippen LogP) is -1.29. The first-order valence-electron chi connectivity index (χ1n) is 7.02. The van der Waals surface area contributed by atoms with Crippen molar-refractivity contribution in [1.82, 2.24) is 10.2 Å². The summed E-state index contributed by atoms with van der Waals surface area (Å²) >= 11 is 0. The van der Waals surface area contributed by atoms with Gasteiger partial charge in [0.2, 0.25) is 11.8 Å². The Morgan fingerprint density at radius 3 is 2.60 bits per heavy atom. The van der Waals surface area contributed by atoms with Crippen molar-refractivity contribution >= 4 is 11.8 Å². The normalized spacial score (nSPS) is 30.6. The van der Waals surface area contributed by atoms with E-state index >= 15 is 0 Å². The van der Waals surface area contributed by atoms with Crippen molar-refractivity contribution in [2.75, 3.05) is 33.0 Å². The molecule has 0 saturated carbocycles. The molecule has 2 aliphatic rings. The van der Waals surface area contributed by atoms with E-state index in [1.165, 1.54) is 0 Å². The molecule has 0 spiro atoms. The predicted molar refractivity (Wildman–Crippen MR) is 71.9 cm³/mol. The van der Waals surface area contributed by atoms with Gasteiger partial charge >= 0.3 is 0 Å². The molecule has 3 unspecified atom stereocenters. The highest BCUT2D eigenvalue weighted by atomic mass is 16.5. The molecule has 0 radical (unpaired) electrons. The number of morpholine rings is 1. The van der Waals surface area contributed by atoms with Crippen LogP contribution in [0.2, 0.25) is 0 Å². The summed E-state index contributed by atoms with van der Waals surface area (Å²) in [5.74, 6) is -0.648. The monoisotopic (exact) mass is 285 g/mol. The molecule has 7 nitrogen and oxygen atoms in total. The minimum absolute atomic E-state index is 0.0263. The van der Waals surface area contributed by atoms with E-state index in [1.807, 2.05) is 13.8 Å². The number of carbonyl (C=O) groups is 2. The fraction of sp³-hybridized carbons (Fsp3) is 0.846. The lowest BCUT2D eigenvalue weighted by Gasteiger charge is -2.36. The average Bonchev–Trinajstić information content (AvgIpc) is 2.83. The van der Waals surface area contributed by atoms with Crippen molar-refractivity contribution in [3.05, 3.63) is 0 Å². The van der Waals surface area contributed by atoms with Gasteiger partial charge < -0.3 is 25.4 Å². The third kappa shape index (κ3) is 3.28. The number of hydrogen-bond donors (Lipinski definition) is 2. The molecule has 0 aromatic rings. The zero-order chi connectivity index (χ0) is 14.7. The van der Waals surface area contributed by atoms with Crippen molar-refractivity contribution in [3.63, 3.8) is 0 Å². The lowest BCUT2D eigenvalue weighted by molar-refractivity contribution is -0.152. The summed E-state index contributed by atoms with van der Waals surface area (Å²) in [6.45, 7) is 5.58. The van der Waals surface area contributed by atoms with Crippen LogP contribution >= 0.6 is 0 Å². The van der Waals surface area contributed by atoms with Gasteiger partial charge in [-0.25, -0.2) is 0 Å². The van der Waals surface area contributed by atoms with Crippen molar-refractivity contribution in [2.24, 2.45) is 11.7 Å². The Bertz CT molecular complexity index is 375. The zero-order valence-electron chi connectivity index (χ0n) is 12.0. The van der Waals surface area contributed by atoms with Crippen molar-refractivity contribution < 1.29 is 19.1 Å². The first kappa shape index (κ1) is 15.2. The number of amides is 2. The first-order valence-corrected chi connectivity index (χ1v) is 7.02. The number of ether oxygens (including phenoxy) is 2. The van der Waals surface area contributed by atoms with Crippen LogP contribution in [0.3, 0.4) is 0 Å². The molecule has 2 amide bonds. The number of carbonyl (C=O) groups excluding carboxylic acids is 2. The summed E-state index contributed by atoms with van der Waals surface area (Å²) in [6.07, 6.45) is 0. The number of nitrogens with two attached hydrogens (primary N) is 1. The topological polar surface area (TPSA) is 93.9 Å². The maximum atomic E-state index is 12.5. The van der Waals surface area contributed by atoms with Crippen LogP contribution in [0.25, 0.3) is 0 Å². The zero-order valence-corrected chi connectivity index (χ0v) is 12.0. The van der Waals surface area contributed by atoms with Gasteiger partial charge in [-0.1, -0.05) is 0 Å². The summed E-state index contributed by atoms with van der Waals surface area (Å²) in [4.78, 5) is 26.3. The Morgan fingerprint density at radius 1 is 1.25 bits per heavy atom. The van der Waals surface area contributed by atoms with Crippen molar-refractivity contribution in [2.45, 2.75) is 32.0 Å². The molecule has 114 valence electrons. The molecule has 0 aliphatic carbocycles. The lowest BCUT2D eigenvalue weighted by atomic mass is 10.0. The van der Waals surface area contributed by atoms with Crippen LogP contribution in [0.5, 0.6) is 0 Å². The van der Waals surface area contributed by atoms with Crippen LogP contribution in [-0.2, 0) is 19.1 Å². The highest BCUT2D eigenvalue weighted by Gasteiger charge is 2.40. The molecule has 3 atom stereocenters. The van der Waals surface area contributed by atoms with E-state index < -0.39 is 6.04 Å². The summed E-state index contributed by atoms with van der Waals surface area (Å²) in [5.41, 5.74) is 5.88. The minimum Gasteiger partial charge on any atom is -0.379 e. The van der Waals surface area contributed by atoms with Crippen LogP contribution in [-0.4, -0.2) is 67.8 Å². The summed E-state index contributed by atoms with van der Waals surface area (Å²) in [5, 5.41) is 2.82. The number of hydrogen-bond acceptors (Lipinski definition) is 5. The number of nitrogens with one attached hydrogen (secondary N) is 1. The van der Waals surface area contributed by atoms with Crippen LogP contribution in [0.1, 0.15) is 13.8 Å². The molecule has 20 heavy (non-hydrogen) atoms. The molecule has 7 heteroatoms. The second-order valence-electron chi connectivity index (χ2n) is 5.59. The Hall–Kier alpha value is -1.18. The molecule has 2 rings (SSSR count). The second kappa shape index (κ2) is 6.51. The van der Waals surface area contributed by atoms with Crippen molar-refractivity contribution in [3.8, 4) is 0 Å². The van der Waals surface area contributed by atoms with Gasteiger partial charge in [0.1, 0.15) is 6.04 Å². The lowest BCUT2D eigenvalue weighted by Crippen LogP contribution is -2.59. The quantitative estimate of drug-likeness (QED) is 0.673. The van der Waals surface area contributed by atoms with Gasteiger partial charge in [-0.2, -0.15) is 0 Å².